The van der Waals surface area contributed by atoms with Crippen LogP contribution in [0.1, 0.15) is 39.5 Å². The van der Waals surface area contributed by atoms with Crippen molar-refractivity contribution in [3.05, 3.63) is 0 Å². The molecule has 2 saturated heterocycles. The number of fused-ring (bicyclic) bond motifs is 1. The maximum Gasteiger partial charge on any atom is 0.338 e. The third kappa shape index (κ3) is 4.00. The number of nitrogens with two attached hydrogens (primary N) is 1. The van der Waals surface area contributed by atoms with Crippen molar-refractivity contribution < 1.29 is 38.6 Å². The van der Waals surface area contributed by atoms with Gasteiger partial charge < -0.3 is 25.2 Å². The Morgan fingerprint density at radius 1 is 1.32 bits per heavy atom. The van der Waals surface area contributed by atoms with Crippen molar-refractivity contribution in [3.63, 3.8) is 0 Å². The van der Waals surface area contributed by atoms with Gasteiger partial charge in [0.25, 0.3) is 0 Å². The predicted octanol–water partition coefficient (Wildman–Crippen LogP) is -0.117. The SMILES string of the molecule is CCCCOC(=O)C1(N)S[C@@H]2CC(=O)N2CC1(COC(=O)CC(C)=O)C(=O)O. The van der Waals surface area contributed by atoms with E-state index < -0.39 is 58.9 Å². The predicted molar refractivity (Wildman–Crippen MR) is 96.8 cm³/mol. The first-order valence-corrected chi connectivity index (χ1v) is 9.77. The van der Waals surface area contributed by atoms with Crippen LogP contribution in [0.3, 0.4) is 0 Å². The molecule has 0 aromatic heterocycles. The molecule has 1 amide bonds. The minimum Gasteiger partial charge on any atom is -0.481 e. The number of thioether (sulfide) groups is 1. The number of unbranched alkanes of at least 4 members (excludes halogenated alkanes) is 1. The van der Waals surface area contributed by atoms with Crippen molar-refractivity contribution in [2.24, 2.45) is 11.1 Å². The van der Waals surface area contributed by atoms with Crippen molar-refractivity contribution in [2.75, 3.05) is 19.8 Å². The fourth-order valence-electron chi connectivity index (χ4n) is 3.01. The van der Waals surface area contributed by atoms with Gasteiger partial charge in [0.1, 0.15) is 18.8 Å². The molecule has 0 aromatic rings. The molecule has 2 heterocycles. The number of nitrogens with zero attached hydrogens (tertiary/aromatic N) is 1. The summed E-state index contributed by atoms with van der Waals surface area (Å²) in [6.07, 6.45) is 0.933. The molecule has 156 valence electrons. The summed E-state index contributed by atoms with van der Waals surface area (Å²) in [6, 6.07) is 0. The van der Waals surface area contributed by atoms with Crippen molar-refractivity contribution in [1.82, 2.24) is 4.90 Å². The van der Waals surface area contributed by atoms with Crippen LogP contribution in [0.25, 0.3) is 0 Å². The van der Waals surface area contributed by atoms with Crippen LogP contribution in [-0.4, -0.2) is 69.6 Å². The second-order valence-electron chi connectivity index (χ2n) is 6.95. The fraction of sp³-hybridized carbons (Fsp3) is 0.706. The number of carbonyl (C=O) groups excluding carboxylic acids is 4. The smallest absolute Gasteiger partial charge is 0.338 e. The highest BCUT2D eigenvalue weighted by Crippen LogP contribution is 2.52. The standard InChI is InChI=1S/C17H24N2O8S/c1-3-4-5-26-15(25)17(18)16(14(23)24,9-27-13(22)6-10(2)20)8-19-11(21)7-12(19)28-17/h12H,3-9,18H2,1-2H3,(H,23,24)/t12-,16?,17?/m1/s1. The minimum atomic E-state index is -2.11. The Kier molecular flexibility index (Phi) is 6.71. The van der Waals surface area contributed by atoms with Crippen LogP contribution in [0.5, 0.6) is 0 Å². The zero-order valence-electron chi connectivity index (χ0n) is 15.8. The number of hydrogen-bond acceptors (Lipinski definition) is 9. The molecular formula is C17H24N2O8S. The molecule has 0 aliphatic carbocycles. The summed E-state index contributed by atoms with van der Waals surface area (Å²) in [7, 11) is 0. The van der Waals surface area contributed by atoms with Crippen LogP contribution in [-0.2, 0) is 33.4 Å². The van der Waals surface area contributed by atoms with Gasteiger partial charge in [-0.25, -0.2) is 4.79 Å². The zero-order chi connectivity index (χ0) is 21.1. The van der Waals surface area contributed by atoms with Gasteiger partial charge in [0.05, 0.1) is 18.4 Å². The highest BCUT2D eigenvalue weighted by Gasteiger charge is 2.69. The van der Waals surface area contributed by atoms with Crippen molar-refractivity contribution in [1.29, 1.82) is 0 Å². The third-order valence-corrected chi connectivity index (χ3v) is 6.43. The molecule has 2 unspecified atom stereocenters. The molecule has 3 atom stereocenters. The summed E-state index contributed by atoms with van der Waals surface area (Å²) < 4.78 is 10.2. The van der Waals surface area contributed by atoms with Gasteiger partial charge in [0.15, 0.2) is 10.3 Å². The quantitative estimate of drug-likeness (QED) is 0.225. The number of ether oxygens (including phenoxy) is 2. The number of aliphatic carboxylic acids is 1. The summed E-state index contributed by atoms with van der Waals surface area (Å²) in [5.41, 5.74) is 4.18. The summed E-state index contributed by atoms with van der Waals surface area (Å²) in [5, 5.41) is 9.51. The lowest BCUT2D eigenvalue weighted by molar-refractivity contribution is -0.177. The number of carbonyl (C=O) groups is 5. The van der Waals surface area contributed by atoms with E-state index in [0.29, 0.717) is 6.42 Å². The second kappa shape index (κ2) is 8.48. The fourth-order valence-corrected chi connectivity index (χ4v) is 4.58. The van der Waals surface area contributed by atoms with Gasteiger partial charge >= 0.3 is 17.9 Å². The lowest BCUT2D eigenvalue weighted by atomic mass is 9.78. The number of carboxylic acid groups (broad SMARTS) is 1. The van der Waals surface area contributed by atoms with E-state index in [1.807, 2.05) is 6.92 Å². The third-order valence-electron chi connectivity index (χ3n) is 4.81. The number of esters is 2. The lowest BCUT2D eigenvalue weighted by Gasteiger charge is -2.55. The molecule has 2 fully saturated rings. The number of ketones is 1. The van der Waals surface area contributed by atoms with E-state index in [2.05, 4.69) is 0 Å². The Bertz CT molecular complexity index is 699. The van der Waals surface area contributed by atoms with Gasteiger partial charge in [0, 0.05) is 6.54 Å². The monoisotopic (exact) mass is 416 g/mol. The van der Waals surface area contributed by atoms with Gasteiger partial charge in [-0.1, -0.05) is 13.3 Å². The van der Waals surface area contributed by atoms with Crippen LogP contribution < -0.4 is 5.73 Å². The van der Waals surface area contributed by atoms with Crippen molar-refractivity contribution in [3.8, 4) is 0 Å². The molecule has 0 spiro atoms. The molecule has 10 nitrogen and oxygen atoms in total. The van der Waals surface area contributed by atoms with Gasteiger partial charge in [-0.2, -0.15) is 0 Å². The Morgan fingerprint density at radius 3 is 2.54 bits per heavy atom. The van der Waals surface area contributed by atoms with Gasteiger partial charge in [-0.05, 0) is 13.3 Å². The van der Waals surface area contributed by atoms with Crippen LogP contribution in [0.4, 0.5) is 0 Å². The molecular weight excluding hydrogens is 392 g/mol. The minimum absolute atomic E-state index is 0.0714. The molecule has 2 aliphatic heterocycles. The van der Waals surface area contributed by atoms with E-state index in [-0.39, 0.29) is 18.9 Å². The first-order valence-electron chi connectivity index (χ1n) is 8.89. The second-order valence-corrected chi connectivity index (χ2v) is 8.37. The van der Waals surface area contributed by atoms with E-state index >= 15 is 0 Å². The van der Waals surface area contributed by atoms with Crippen molar-refractivity contribution >= 4 is 41.4 Å². The Labute approximate surface area is 166 Å². The maximum atomic E-state index is 12.8. The van der Waals surface area contributed by atoms with Crippen LogP contribution in [0.2, 0.25) is 0 Å². The summed E-state index contributed by atoms with van der Waals surface area (Å²) in [5.74, 6) is -4.10. The molecule has 0 radical (unpaired) electrons. The molecule has 2 rings (SSSR count). The first kappa shape index (κ1) is 22.2. The van der Waals surface area contributed by atoms with E-state index in [4.69, 9.17) is 15.2 Å². The van der Waals surface area contributed by atoms with Gasteiger partial charge in [0.2, 0.25) is 5.91 Å². The molecule has 0 saturated carbocycles. The van der Waals surface area contributed by atoms with E-state index in [1.54, 1.807) is 0 Å². The molecule has 2 aliphatic rings. The molecule has 28 heavy (non-hydrogen) atoms. The molecule has 11 heteroatoms. The Balaban J connectivity index is 2.32. The number of amides is 1. The molecule has 0 aromatic carbocycles. The number of β-lactam (4-membered cyclic amide) rings is 1. The topological polar surface area (TPSA) is 153 Å². The normalized spacial score (nSPS) is 28.8. The van der Waals surface area contributed by atoms with E-state index in [0.717, 1.165) is 18.2 Å². The van der Waals surface area contributed by atoms with Gasteiger partial charge in [-0.3, -0.25) is 19.2 Å². The lowest BCUT2D eigenvalue weighted by Crippen LogP contribution is -2.75. The van der Waals surface area contributed by atoms with Crippen molar-refractivity contribution in [2.45, 2.75) is 49.8 Å². The average molecular weight is 416 g/mol. The van der Waals surface area contributed by atoms with Crippen LogP contribution in [0.15, 0.2) is 0 Å². The van der Waals surface area contributed by atoms with Gasteiger partial charge in [-0.15, -0.1) is 11.8 Å². The number of hydrogen-bond donors (Lipinski definition) is 2. The average Bonchev–Trinajstić information content (AvgIpc) is 2.60. The Morgan fingerprint density at radius 2 is 2.00 bits per heavy atom. The van der Waals surface area contributed by atoms with Crippen LogP contribution in [0, 0.1) is 5.41 Å². The number of rotatable bonds is 9. The summed E-state index contributed by atoms with van der Waals surface area (Å²) in [6.45, 7) is 1.99. The van der Waals surface area contributed by atoms with E-state index in [9.17, 15) is 29.1 Å². The summed E-state index contributed by atoms with van der Waals surface area (Å²) in [4.78, 5) is 59.0. The van der Waals surface area contributed by atoms with E-state index in [1.165, 1.54) is 11.8 Å². The molecule has 3 N–H and O–H groups in total. The first-order chi connectivity index (χ1) is 13.1. The largest absolute Gasteiger partial charge is 0.481 e. The number of carboxylic acids is 1. The maximum absolute atomic E-state index is 12.8. The zero-order valence-corrected chi connectivity index (χ0v) is 16.6. The molecule has 0 bridgehead atoms. The highest BCUT2D eigenvalue weighted by molar-refractivity contribution is 8.02. The highest BCUT2D eigenvalue weighted by atomic mass is 32.2. The Hall–Kier alpha value is -2.14. The summed E-state index contributed by atoms with van der Waals surface area (Å²) >= 11 is 0.824. The number of Topliss-reactive ketones (excluding diaryl/α,β-unsaturated/α-hetero) is 1. The van der Waals surface area contributed by atoms with Crippen LogP contribution >= 0.6 is 11.8 Å².